The van der Waals surface area contributed by atoms with Gasteiger partial charge in [-0.2, -0.15) is 13.2 Å². The molecule has 0 unspecified atom stereocenters. The maximum atomic E-state index is 12.4. The van der Waals surface area contributed by atoms with Crippen LogP contribution < -0.4 is 15.8 Å². The first-order valence-electron chi connectivity index (χ1n) is 5.28. The van der Waals surface area contributed by atoms with Crippen molar-refractivity contribution in [3.63, 3.8) is 0 Å². The third-order valence-corrected chi connectivity index (χ3v) is 3.33. The predicted molar refractivity (Wildman–Crippen MR) is 66.2 cm³/mol. The highest BCUT2D eigenvalue weighted by atomic mass is 32.2. The van der Waals surface area contributed by atoms with Gasteiger partial charge in [0.1, 0.15) is 6.54 Å². The predicted octanol–water partition coefficient (Wildman–Crippen LogP) is 1.30. The van der Waals surface area contributed by atoms with Gasteiger partial charge < -0.3 is 10.6 Å². The van der Waals surface area contributed by atoms with Crippen molar-refractivity contribution in [3.8, 4) is 0 Å². The van der Waals surface area contributed by atoms with Crippen molar-refractivity contribution in [2.75, 3.05) is 23.7 Å². The summed E-state index contributed by atoms with van der Waals surface area (Å²) in [6.07, 6.45) is -4.37. The molecule has 1 aromatic carbocycles. The second kappa shape index (κ2) is 5.25. The van der Waals surface area contributed by atoms with Gasteiger partial charge in [-0.1, -0.05) is 0 Å². The number of rotatable bonds is 4. The van der Waals surface area contributed by atoms with Gasteiger partial charge in [0.25, 0.3) is 0 Å². The molecule has 0 amide bonds. The van der Waals surface area contributed by atoms with Crippen molar-refractivity contribution in [2.24, 2.45) is 5.14 Å². The van der Waals surface area contributed by atoms with Gasteiger partial charge in [-0.25, -0.2) is 13.6 Å². The lowest BCUT2D eigenvalue weighted by Crippen LogP contribution is -2.34. The maximum absolute atomic E-state index is 12.4. The quantitative estimate of drug-likeness (QED) is 0.820. The number of hydrogen-bond acceptors (Lipinski definition) is 4. The molecule has 0 atom stereocenters. The Labute approximate surface area is 109 Å². The minimum atomic E-state index is -4.37. The molecule has 4 N–H and O–H groups in total. The van der Waals surface area contributed by atoms with E-state index in [0.717, 1.165) is 17.0 Å². The Kier molecular flexibility index (Phi) is 4.31. The third kappa shape index (κ3) is 4.28. The molecule has 5 nitrogen and oxygen atoms in total. The molecular formula is C10H14F3N3O2S. The van der Waals surface area contributed by atoms with Gasteiger partial charge in [-0.05, 0) is 25.1 Å². The van der Waals surface area contributed by atoms with E-state index in [-0.39, 0.29) is 22.8 Å². The highest BCUT2D eigenvalue weighted by Crippen LogP contribution is 2.28. The lowest BCUT2D eigenvalue weighted by molar-refractivity contribution is -0.119. The molecule has 1 rings (SSSR count). The molecule has 0 radical (unpaired) electrons. The van der Waals surface area contributed by atoms with Crippen LogP contribution >= 0.6 is 0 Å². The minimum absolute atomic E-state index is 0.0716. The molecule has 0 aliphatic rings. The van der Waals surface area contributed by atoms with Crippen LogP contribution in [-0.2, 0) is 10.0 Å². The van der Waals surface area contributed by atoms with E-state index in [2.05, 4.69) is 0 Å². The number of benzene rings is 1. The first kappa shape index (κ1) is 15.6. The number of alkyl halides is 3. The van der Waals surface area contributed by atoms with Crippen molar-refractivity contribution in [2.45, 2.75) is 18.0 Å². The van der Waals surface area contributed by atoms with Gasteiger partial charge in [-0.15, -0.1) is 0 Å². The molecule has 0 fully saturated rings. The summed E-state index contributed by atoms with van der Waals surface area (Å²) in [7, 11) is -3.93. The molecule has 108 valence electrons. The van der Waals surface area contributed by atoms with E-state index in [4.69, 9.17) is 10.9 Å². The second-order valence-electron chi connectivity index (χ2n) is 3.89. The Morgan fingerprint density at radius 1 is 1.32 bits per heavy atom. The zero-order valence-corrected chi connectivity index (χ0v) is 10.9. The highest BCUT2D eigenvalue weighted by molar-refractivity contribution is 7.89. The zero-order chi connectivity index (χ0) is 14.8. The topological polar surface area (TPSA) is 89.4 Å². The summed E-state index contributed by atoms with van der Waals surface area (Å²) in [5.74, 6) is 0. The molecule has 9 heteroatoms. The Bertz CT molecular complexity index is 558. The average molecular weight is 297 g/mol. The van der Waals surface area contributed by atoms with Gasteiger partial charge in [-0.3, -0.25) is 0 Å². The standard InChI is InChI=1S/C10H14F3N3O2S/c1-2-16(6-10(11,12)13)9-4-3-7(5-8(9)14)19(15,17)18/h3-5H,2,6,14H2,1H3,(H2,15,17,18). The van der Waals surface area contributed by atoms with Crippen LogP contribution in [0.15, 0.2) is 23.1 Å². The molecule has 0 spiro atoms. The molecule has 0 saturated heterocycles. The molecule has 0 heterocycles. The van der Waals surface area contributed by atoms with Crippen LogP contribution in [0.4, 0.5) is 24.5 Å². The van der Waals surface area contributed by atoms with Crippen LogP contribution in [0, 0.1) is 0 Å². The summed E-state index contributed by atoms with van der Waals surface area (Å²) in [5, 5.41) is 4.91. The van der Waals surface area contributed by atoms with Crippen LogP contribution in [0.2, 0.25) is 0 Å². The number of nitrogen functional groups attached to an aromatic ring is 1. The summed E-state index contributed by atoms with van der Waals surface area (Å²) in [5.41, 5.74) is 5.63. The average Bonchev–Trinajstić information content (AvgIpc) is 2.23. The van der Waals surface area contributed by atoms with Crippen LogP contribution in [-0.4, -0.2) is 27.7 Å². The number of nitrogens with two attached hydrogens (primary N) is 2. The molecule has 19 heavy (non-hydrogen) atoms. The molecule has 0 aliphatic heterocycles. The van der Waals surface area contributed by atoms with E-state index in [0.29, 0.717) is 0 Å². The smallest absolute Gasteiger partial charge is 0.397 e. The Balaban J connectivity index is 3.14. The first-order valence-corrected chi connectivity index (χ1v) is 6.83. The van der Waals surface area contributed by atoms with Crippen molar-refractivity contribution in [3.05, 3.63) is 18.2 Å². The van der Waals surface area contributed by atoms with Crippen molar-refractivity contribution >= 4 is 21.4 Å². The largest absolute Gasteiger partial charge is 0.405 e. The SMILES string of the molecule is CCN(CC(F)(F)F)c1ccc(S(N)(=O)=O)cc1N. The van der Waals surface area contributed by atoms with Gasteiger partial charge in [0.2, 0.25) is 10.0 Å². The van der Waals surface area contributed by atoms with Gasteiger partial charge in [0.15, 0.2) is 0 Å². The summed E-state index contributed by atoms with van der Waals surface area (Å²) in [4.78, 5) is 0.763. The Hall–Kier alpha value is -1.48. The molecule has 0 bridgehead atoms. The Morgan fingerprint density at radius 2 is 1.89 bits per heavy atom. The third-order valence-electron chi connectivity index (χ3n) is 2.42. The number of nitrogens with zero attached hydrogens (tertiary/aromatic N) is 1. The number of sulfonamides is 1. The summed E-state index contributed by atoms with van der Waals surface area (Å²) < 4.78 is 59.3. The molecule has 1 aromatic rings. The minimum Gasteiger partial charge on any atom is -0.397 e. The number of primary sulfonamides is 1. The van der Waals surface area contributed by atoms with Crippen molar-refractivity contribution in [1.29, 1.82) is 0 Å². The van der Waals surface area contributed by atoms with E-state index in [1.807, 2.05) is 0 Å². The van der Waals surface area contributed by atoms with Crippen LogP contribution in [0.1, 0.15) is 6.92 Å². The van der Waals surface area contributed by atoms with E-state index in [9.17, 15) is 21.6 Å². The fraction of sp³-hybridized carbons (Fsp3) is 0.400. The molecule has 0 aliphatic carbocycles. The van der Waals surface area contributed by atoms with Gasteiger partial charge in [0, 0.05) is 6.54 Å². The zero-order valence-electron chi connectivity index (χ0n) is 10.1. The maximum Gasteiger partial charge on any atom is 0.405 e. The van der Waals surface area contributed by atoms with E-state index >= 15 is 0 Å². The highest BCUT2D eigenvalue weighted by Gasteiger charge is 2.31. The number of hydrogen-bond donors (Lipinski definition) is 2. The van der Waals surface area contributed by atoms with Crippen LogP contribution in [0.25, 0.3) is 0 Å². The summed E-state index contributed by atoms with van der Waals surface area (Å²) >= 11 is 0. The second-order valence-corrected chi connectivity index (χ2v) is 5.46. The Morgan fingerprint density at radius 3 is 2.26 bits per heavy atom. The fourth-order valence-corrected chi connectivity index (χ4v) is 2.13. The lowest BCUT2D eigenvalue weighted by atomic mass is 10.2. The first-order chi connectivity index (χ1) is 8.54. The number of anilines is 2. The van der Waals surface area contributed by atoms with E-state index in [1.165, 1.54) is 6.07 Å². The normalized spacial score (nSPS) is 12.5. The molecule has 0 saturated carbocycles. The fourth-order valence-electron chi connectivity index (χ4n) is 1.58. The van der Waals surface area contributed by atoms with Crippen molar-refractivity contribution < 1.29 is 21.6 Å². The molecular weight excluding hydrogens is 283 g/mol. The lowest BCUT2D eigenvalue weighted by Gasteiger charge is -2.25. The van der Waals surface area contributed by atoms with Crippen molar-refractivity contribution in [1.82, 2.24) is 0 Å². The monoisotopic (exact) mass is 297 g/mol. The van der Waals surface area contributed by atoms with E-state index < -0.39 is 22.7 Å². The number of halogens is 3. The van der Waals surface area contributed by atoms with E-state index in [1.54, 1.807) is 6.92 Å². The van der Waals surface area contributed by atoms with Gasteiger partial charge in [0.05, 0.1) is 16.3 Å². The van der Waals surface area contributed by atoms with Crippen LogP contribution in [0.5, 0.6) is 0 Å². The van der Waals surface area contributed by atoms with Gasteiger partial charge >= 0.3 is 6.18 Å². The summed E-state index contributed by atoms with van der Waals surface area (Å²) in [6, 6.07) is 3.38. The summed E-state index contributed by atoms with van der Waals surface area (Å²) in [6.45, 7) is 0.458. The molecule has 0 aromatic heterocycles. The van der Waals surface area contributed by atoms with Crippen LogP contribution in [0.3, 0.4) is 0 Å².